The topological polar surface area (TPSA) is 66.0 Å². The molecule has 1 aromatic heterocycles. The maximum atomic E-state index is 11.5. The second-order valence-electron chi connectivity index (χ2n) is 3.88. The van der Waals surface area contributed by atoms with Crippen molar-refractivity contribution < 1.29 is 4.79 Å². The third-order valence-electron chi connectivity index (χ3n) is 2.57. The zero-order chi connectivity index (χ0) is 11.2. The van der Waals surface area contributed by atoms with Crippen LogP contribution in [0.25, 0.3) is 0 Å². The Morgan fingerprint density at radius 1 is 1.59 bits per heavy atom. The highest BCUT2D eigenvalue weighted by atomic mass is 35.5. The number of carbonyl (C=O) groups is 1. The summed E-state index contributed by atoms with van der Waals surface area (Å²) in [6.07, 6.45) is 4.46. The van der Waals surface area contributed by atoms with Crippen LogP contribution in [0.2, 0.25) is 0 Å². The van der Waals surface area contributed by atoms with Gasteiger partial charge in [0.2, 0.25) is 0 Å². The van der Waals surface area contributed by atoms with Crippen molar-refractivity contribution in [1.29, 1.82) is 0 Å². The van der Waals surface area contributed by atoms with E-state index in [0.29, 0.717) is 6.54 Å². The first-order valence-electron chi connectivity index (χ1n) is 5.48. The fraction of sp³-hybridized carbons (Fsp3) is 0.455. The number of urea groups is 1. The highest BCUT2D eigenvalue weighted by Gasteiger charge is 2.15. The zero-order valence-electron chi connectivity index (χ0n) is 9.48. The maximum Gasteiger partial charge on any atom is 0.315 e. The molecule has 1 atom stereocenters. The lowest BCUT2D eigenvalue weighted by molar-refractivity contribution is 0.237. The van der Waals surface area contributed by atoms with E-state index in [1.807, 2.05) is 12.1 Å². The molecule has 1 saturated heterocycles. The average Bonchev–Trinajstić information content (AvgIpc) is 2.81. The summed E-state index contributed by atoms with van der Waals surface area (Å²) in [7, 11) is 0. The average molecular weight is 257 g/mol. The predicted molar refractivity (Wildman–Crippen MR) is 68.1 cm³/mol. The Hall–Kier alpha value is -1.33. The largest absolute Gasteiger partial charge is 0.334 e. The van der Waals surface area contributed by atoms with Crippen molar-refractivity contribution in [2.24, 2.45) is 0 Å². The van der Waals surface area contributed by atoms with Gasteiger partial charge in [0, 0.05) is 31.5 Å². The SMILES string of the molecule is Cl.O=C(NCc1cccnc1)NC1CCNC1. The molecule has 2 amide bonds. The summed E-state index contributed by atoms with van der Waals surface area (Å²) in [5.74, 6) is 0. The summed E-state index contributed by atoms with van der Waals surface area (Å²) in [5.41, 5.74) is 1.00. The fourth-order valence-electron chi connectivity index (χ4n) is 1.70. The Balaban J connectivity index is 0.00000144. The Labute approximate surface area is 107 Å². The molecule has 1 unspecified atom stereocenters. The van der Waals surface area contributed by atoms with Crippen molar-refractivity contribution in [1.82, 2.24) is 20.9 Å². The van der Waals surface area contributed by atoms with Gasteiger partial charge < -0.3 is 16.0 Å². The van der Waals surface area contributed by atoms with Crippen LogP contribution in [0.3, 0.4) is 0 Å². The van der Waals surface area contributed by atoms with Gasteiger partial charge in [0.15, 0.2) is 0 Å². The number of hydrogen-bond donors (Lipinski definition) is 3. The lowest BCUT2D eigenvalue weighted by atomic mass is 10.2. The fourth-order valence-corrected chi connectivity index (χ4v) is 1.70. The van der Waals surface area contributed by atoms with Gasteiger partial charge in [-0.1, -0.05) is 6.07 Å². The number of nitrogens with one attached hydrogen (secondary N) is 3. The van der Waals surface area contributed by atoms with E-state index in [-0.39, 0.29) is 24.5 Å². The molecule has 1 aliphatic heterocycles. The highest BCUT2D eigenvalue weighted by molar-refractivity contribution is 5.85. The van der Waals surface area contributed by atoms with Crippen molar-refractivity contribution in [3.63, 3.8) is 0 Å². The molecule has 1 aliphatic rings. The molecule has 0 bridgehead atoms. The van der Waals surface area contributed by atoms with Gasteiger partial charge >= 0.3 is 6.03 Å². The van der Waals surface area contributed by atoms with E-state index in [1.54, 1.807) is 12.4 Å². The number of hydrogen-bond acceptors (Lipinski definition) is 3. The highest BCUT2D eigenvalue weighted by Crippen LogP contribution is 1.97. The van der Waals surface area contributed by atoms with Gasteiger partial charge in [-0.2, -0.15) is 0 Å². The molecule has 0 aromatic carbocycles. The lowest BCUT2D eigenvalue weighted by Gasteiger charge is -2.12. The Kier molecular flexibility index (Phi) is 5.72. The van der Waals surface area contributed by atoms with Gasteiger partial charge in [-0.15, -0.1) is 12.4 Å². The van der Waals surface area contributed by atoms with Crippen molar-refractivity contribution in [2.45, 2.75) is 19.0 Å². The standard InChI is InChI=1S/C11H16N4O.ClH/c16-11(15-10-3-5-13-8-10)14-7-9-2-1-4-12-6-9;/h1-2,4,6,10,13H,3,5,7-8H2,(H2,14,15,16);1H. The molecule has 0 aliphatic carbocycles. The number of aromatic nitrogens is 1. The van der Waals surface area contributed by atoms with Crippen molar-refractivity contribution in [3.8, 4) is 0 Å². The van der Waals surface area contributed by atoms with Crippen LogP contribution in [0.15, 0.2) is 24.5 Å². The Morgan fingerprint density at radius 2 is 2.47 bits per heavy atom. The van der Waals surface area contributed by atoms with E-state index >= 15 is 0 Å². The summed E-state index contributed by atoms with van der Waals surface area (Å²) in [6.45, 7) is 2.35. The van der Waals surface area contributed by atoms with Crippen molar-refractivity contribution >= 4 is 18.4 Å². The first-order valence-corrected chi connectivity index (χ1v) is 5.48. The molecule has 0 saturated carbocycles. The molecule has 0 spiro atoms. The molecule has 94 valence electrons. The van der Waals surface area contributed by atoms with Crippen LogP contribution < -0.4 is 16.0 Å². The smallest absolute Gasteiger partial charge is 0.315 e. The van der Waals surface area contributed by atoms with E-state index < -0.39 is 0 Å². The third-order valence-corrected chi connectivity index (χ3v) is 2.57. The van der Waals surface area contributed by atoms with E-state index in [1.165, 1.54) is 0 Å². The Bertz CT molecular complexity index is 341. The lowest BCUT2D eigenvalue weighted by Crippen LogP contribution is -2.42. The molecule has 6 heteroatoms. The molecule has 1 fully saturated rings. The van der Waals surface area contributed by atoms with Crippen molar-refractivity contribution in [3.05, 3.63) is 30.1 Å². The summed E-state index contributed by atoms with van der Waals surface area (Å²) >= 11 is 0. The quantitative estimate of drug-likeness (QED) is 0.745. The van der Waals surface area contributed by atoms with Crippen LogP contribution >= 0.6 is 12.4 Å². The summed E-state index contributed by atoms with van der Waals surface area (Å²) in [5, 5.41) is 8.92. The number of pyridine rings is 1. The third kappa shape index (κ3) is 4.58. The van der Waals surface area contributed by atoms with Crippen LogP contribution in [0.1, 0.15) is 12.0 Å². The van der Waals surface area contributed by atoms with Gasteiger partial charge in [0.1, 0.15) is 0 Å². The van der Waals surface area contributed by atoms with E-state index in [9.17, 15) is 4.79 Å². The molecule has 0 radical (unpaired) electrons. The number of rotatable bonds is 3. The number of carbonyl (C=O) groups excluding carboxylic acids is 1. The monoisotopic (exact) mass is 256 g/mol. The second kappa shape index (κ2) is 7.09. The number of nitrogens with zero attached hydrogens (tertiary/aromatic N) is 1. The minimum atomic E-state index is -0.113. The molecule has 1 aromatic rings. The van der Waals surface area contributed by atoms with E-state index in [2.05, 4.69) is 20.9 Å². The normalized spacial score (nSPS) is 18.2. The summed E-state index contributed by atoms with van der Waals surface area (Å²) in [6, 6.07) is 3.94. The number of amides is 2. The van der Waals surface area contributed by atoms with E-state index in [0.717, 1.165) is 25.1 Å². The molecular weight excluding hydrogens is 240 g/mol. The van der Waals surface area contributed by atoms with Crippen LogP contribution in [0.4, 0.5) is 4.79 Å². The van der Waals surface area contributed by atoms with Gasteiger partial charge in [0.25, 0.3) is 0 Å². The molecule has 5 nitrogen and oxygen atoms in total. The van der Waals surface area contributed by atoms with Crippen molar-refractivity contribution in [2.75, 3.05) is 13.1 Å². The first kappa shape index (κ1) is 13.7. The molecule has 2 rings (SSSR count). The van der Waals surface area contributed by atoms with Gasteiger partial charge in [-0.3, -0.25) is 4.98 Å². The van der Waals surface area contributed by atoms with Crippen LogP contribution in [0.5, 0.6) is 0 Å². The van der Waals surface area contributed by atoms with Crippen LogP contribution in [0, 0.1) is 0 Å². The van der Waals surface area contributed by atoms with Gasteiger partial charge in [0.05, 0.1) is 0 Å². The first-order chi connectivity index (χ1) is 7.84. The van der Waals surface area contributed by atoms with Gasteiger partial charge in [-0.25, -0.2) is 4.79 Å². The predicted octanol–water partition coefficient (Wildman–Crippen LogP) is 0.664. The van der Waals surface area contributed by atoms with Crippen LogP contribution in [-0.4, -0.2) is 30.1 Å². The Morgan fingerprint density at radius 3 is 3.12 bits per heavy atom. The second-order valence-corrected chi connectivity index (χ2v) is 3.88. The number of halogens is 1. The van der Waals surface area contributed by atoms with Crippen LogP contribution in [-0.2, 0) is 6.54 Å². The summed E-state index contributed by atoms with van der Waals surface area (Å²) in [4.78, 5) is 15.5. The minimum Gasteiger partial charge on any atom is -0.334 e. The zero-order valence-corrected chi connectivity index (χ0v) is 10.3. The summed E-state index contributed by atoms with van der Waals surface area (Å²) < 4.78 is 0. The maximum absolute atomic E-state index is 11.5. The minimum absolute atomic E-state index is 0. The molecular formula is C11H17ClN4O. The van der Waals surface area contributed by atoms with Gasteiger partial charge in [-0.05, 0) is 24.6 Å². The van der Waals surface area contributed by atoms with E-state index in [4.69, 9.17) is 0 Å². The molecule has 17 heavy (non-hydrogen) atoms. The molecule has 3 N–H and O–H groups in total. The molecule has 2 heterocycles.